The summed E-state index contributed by atoms with van der Waals surface area (Å²) in [5.41, 5.74) is 5.99. The van der Waals surface area contributed by atoms with Crippen LogP contribution in [0.3, 0.4) is 0 Å². The summed E-state index contributed by atoms with van der Waals surface area (Å²) >= 11 is 0. The molecule has 98 valence electrons. The van der Waals surface area contributed by atoms with Crippen LogP contribution in [0.2, 0.25) is 0 Å². The van der Waals surface area contributed by atoms with Gasteiger partial charge in [0.1, 0.15) is 0 Å². The first-order valence-corrected chi connectivity index (χ1v) is 6.99. The number of hydrogen-bond acceptors (Lipinski definition) is 2. The van der Waals surface area contributed by atoms with Gasteiger partial charge in [0.25, 0.3) is 0 Å². The minimum absolute atomic E-state index is 0.222. The standard InChI is InChI=1S/C14H26N2O/c1-13(2)8-5-11(9-13)16-12(17)14(10-15)6-3-4-7-14/h11H,3-10,15H2,1-2H3,(H,16,17). The van der Waals surface area contributed by atoms with Gasteiger partial charge in [-0.15, -0.1) is 0 Å². The largest absolute Gasteiger partial charge is 0.353 e. The van der Waals surface area contributed by atoms with Gasteiger partial charge >= 0.3 is 0 Å². The van der Waals surface area contributed by atoms with Crippen LogP contribution in [-0.2, 0) is 4.79 Å². The first kappa shape index (κ1) is 12.9. The number of nitrogens with one attached hydrogen (secondary N) is 1. The Bertz CT molecular complexity index is 293. The third-order valence-corrected chi connectivity index (χ3v) is 4.74. The van der Waals surface area contributed by atoms with Crippen LogP contribution >= 0.6 is 0 Å². The van der Waals surface area contributed by atoms with Crippen molar-refractivity contribution < 1.29 is 4.79 Å². The van der Waals surface area contributed by atoms with Gasteiger partial charge in [0.2, 0.25) is 5.91 Å². The maximum atomic E-state index is 12.4. The Hall–Kier alpha value is -0.570. The molecule has 1 amide bonds. The van der Waals surface area contributed by atoms with Crippen molar-refractivity contribution in [2.75, 3.05) is 6.54 Å². The molecule has 0 saturated heterocycles. The molecule has 2 saturated carbocycles. The molecular weight excluding hydrogens is 212 g/mol. The highest BCUT2D eigenvalue weighted by Gasteiger charge is 2.41. The number of hydrogen-bond donors (Lipinski definition) is 2. The summed E-state index contributed by atoms with van der Waals surface area (Å²) in [6, 6.07) is 0.376. The van der Waals surface area contributed by atoms with Crippen molar-refractivity contribution in [2.45, 2.75) is 64.8 Å². The van der Waals surface area contributed by atoms with Gasteiger partial charge in [-0.3, -0.25) is 4.79 Å². The zero-order chi connectivity index (χ0) is 12.5. The molecule has 17 heavy (non-hydrogen) atoms. The number of rotatable bonds is 3. The second kappa shape index (κ2) is 4.60. The van der Waals surface area contributed by atoms with Gasteiger partial charge in [0.05, 0.1) is 5.41 Å². The Morgan fingerprint density at radius 1 is 1.29 bits per heavy atom. The summed E-state index contributed by atoms with van der Waals surface area (Å²) in [7, 11) is 0. The maximum absolute atomic E-state index is 12.4. The molecule has 0 aromatic heterocycles. The van der Waals surface area contributed by atoms with Gasteiger partial charge in [0.15, 0.2) is 0 Å². The fraction of sp³-hybridized carbons (Fsp3) is 0.929. The van der Waals surface area contributed by atoms with Crippen LogP contribution in [0.15, 0.2) is 0 Å². The van der Waals surface area contributed by atoms with Gasteiger partial charge in [-0.05, 0) is 37.5 Å². The minimum atomic E-state index is -0.243. The number of carbonyl (C=O) groups excluding carboxylic acids is 1. The van der Waals surface area contributed by atoms with E-state index in [1.165, 1.54) is 6.42 Å². The normalized spacial score (nSPS) is 30.4. The molecule has 0 aromatic carbocycles. The molecule has 3 nitrogen and oxygen atoms in total. The number of carbonyl (C=O) groups is 1. The van der Waals surface area contributed by atoms with Crippen LogP contribution in [0, 0.1) is 10.8 Å². The molecular formula is C14H26N2O. The highest BCUT2D eigenvalue weighted by Crippen LogP contribution is 2.40. The molecule has 1 unspecified atom stereocenters. The van der Waals surface area contributed by atoms with Gasteiger partial charge < -0.3 is 11.1 Å². The van der Waals surface area contributed by atoms with E-state index in [4.69, 9.17) is 5.73 Å². The van der Waals surface area contributed by atoms with E-state index in [-0.39, 0.29) is 11.3 Å². The van der Waals surface area contributed by atoms with Gasteiger partial charge in [-0.1, -0.05) is 26.7 Å². The fourth-order valence-electron chi connectivity index (χ4n) is 3.47. The highest BCUT2D eigenvalue weighted by molar-refractivity contribution is 5.83. The quantitative estimate of drug-likeness (QED) is 0.792. The zero-order valence-electron chi connectivity index (χ0n) is 11.2. The second-order valence-corrected chi connectivity index (χ2v) is 6.77. The fourth-order valence-corrected chi connectivity index (χ4v) is 3.47. The van der Waals surface area contributed by atoms with Crippen molar-refractivity contribution in [3.63, 3.8) is 0 Å². The Kier molecular flexibility index (Phi) is 3.48. The molecule has 0 heterocycles. The van der Waals surface area contributed by atoms with Gasteiger partial charge in [-0.2, -0.15) is 0 Å². The van der Waals surface area contributed by atoms with Crippen LogP contribution < -0.4 is 11.1 Å². The van der Waals surface area contributed by atoms with E-state index in [1.54, 1.807) is 0 Å². The molecule has 0 bridgehead atoms. The molecule has 3 N–H and O–H groups in total. The molecule has 0 aromatic rings. The van der Waals surface area contributed by atoms with Crippen LogP contribution in [-0.4, -0.2) is 18.5 Å². The van der Waals surface area contributed by atoms with Crippen LogP contribution in [0.1, 0.15) is 58.8 Å². The van der Waals surface area contributed by atoms with Crippen LogP contribution in [0.25, 0.3) is 0 Å². The van der Waals surface area contributed by atoms with Crippen molar-refractivity contribution in [2.24, 2.45) is 16.6 Å². The van der Waals surface area contributed by atoms with Gasteiger partial charge in [-0.25, -0.2) is 0 Å². The Morgan fingerprint density at radius 2 is 1.94 bits per heavy atom. The molecule has 2 aliphatic rings. The highest BCUT2D eigenvalue weighted by atomic mass is 16.2. The third-order valence-electron chi connectivity index (χ3n) is 4.74. The predicted octanol–water partition coefficient (Wildman–Crippen LogP) is 2.20. The molecule has 0 radical (unpaired) electrons. The Morgan fingerprint density at radius 3 is 2.41 bits per heavy atom. The van der Waals surface area contributed by atoms with E-state index >= 15 is 0 Å². The zero-order valence-corrected chi connectivity index (χ0v) is 11.2. The van der Waals surface area contributed by atoms with Gasteiger partial charge in [0, 0.05) is 12.6 Å². The Labute approximate surface area is 105 Å². The summed E-state index contributed by atoms with van der Waals surface area (Å²) in [5, 5.41) is 3.25. The predicted molar refractivity (Wildman–Crippen MR) is 69.5 cm³/mol. The first-order valence-electron chi connectivity index (χ1n) is 6.99. The first-order chi connectivity index (χ1) is 7.97. The third kappa shape index (κ3) is 2.65. The molecule has 2 rings (SSSR count). The number of nitrogens with two attached hydrogens (primary N) is 1. The van der Waals surface area contributed by atoms with E-state index in [0.29, 0.717) is 18.0 Å². The van der Waals surface area contributed by atoms with E-state index in [9.17, 15) is 4.79 Å². The van der Waals surface area contributed by atoms with E-state index in [1.807, 2.05) is 0 Å². The molecule has 2 fully saturated rings. The SMILES string of the molecule is CC1(C)CCC(NC(=O)C2(CN)CCCC2)C1. The average molecular weight is 238 g/mol. The summed E-state index contributed by atoms with van der Waals surface area (Å²) in [6.07, 6.45) is 7.71. The summed E-state index contributed by atoms with van der Waals surface area (Å²) < 4.78 is 0. The summed E-state index contributed by atoms with van der Waals surface area (Å²) in [6.45, 7) is 5.08. The average Bonchev–Trinajstić information content (AvgIpc) is 2.86. The molecule has 3 heteroatoms. The lowest BCUT2D eigenvalue weighted by Gasteiger charge is -2.28. The topological polar surface area (TPSA) is 55.1 Å². The monoisotopic (exact) mass is 238 g/mol. The van der Waals surface area contributed by atoms with Crippen molar-refractivity contribution in [1.29, 1.82) is 0 Å². The van der Waals surface area contributed by atoms with Crippen molar-refractivity contribution in [1.82, 2.24) is 5.32 Å². The maximum Gasteiger partial charge on any atom is 0.227 e. The van der Waals surface area contributed by atoms with E-state index in [2.05, 4.69) is 19.2 Å². The lowest BCUT2D eigenvalue weighted by atomic mass is 9.85. The van der Waals surface area contributed by atoms with E-state index < -0.39 is 0 Å². The Balaban J connectivity index is 1.93. The minimum Gasteiger partial charge on any atom is -0.353 e. The van der Waals surface area contributed by atoms with Crippen molar-refractivity contribution in [3.8, 4) is 0 Å². The molecule has 2 aliphatic carbocycles. The van der Waals surface area contributed by atoms with Crippen LogP contribution in [0.5, 0.6) is 0 Å². The summed E-state index contributed by atoms with van der Waals surface area (Å²) in [5.74, 6) is 0.222. The lowest BCUT2D eigenvalue weighted by molar-refractivity contribution is -0.131. The molecule has 0 aliphatic heterocycles. The summed E-state index contributed by atoms with van der Waals surface area (Å²) in [4.78, 5) is 12.4. The molecule has 1 atom stereocenters. The smallest absolute Gasteiger partial charge is 0.227 e. The lowest BCUT2D eigenvalue weighted by Crippen LogP contribution is -2.47. The number of amides is 1. The second-order valence-electron chi connectivity index (χ2n) is 6.77. The van der Waals surface area contributed by atoms with E-state index in [0.717, 1.165) is 38.5 Å². The van der Waals surface area contributed by atoms with Crippen LogP contribution in [0.4, 0.5) is 0 Å². The molecule has 0 spiro atoms. The van der Waals surface area contributed by atoms with Crippen molar-refractivity contribution in [3.05, 3.63) is 0 Å². The van der Waals surface area contributed by atoms with Crippen molar-refractivity contribution >= 4 is 5.91 Å².